The van der Waals surface area contributed by atoms with E-state index in [9.17, 15) is 9.18 Å². The molecule has 6 nitrogen and oxygen atoms in total. The lowest BCUT2D eigenvalue weighted by Crippen LogP contribution is -2.04. The lowest BCUT2D eigenvalue weighted by molar-refractivity contribution is 0.0992. The Balaban J connectivity index is 1.48. The topological polar surface area (TPSA) is 82.0 Å². The van der Waals surface area contributed by atoms with Crippen molar-refractivity contribution in [3.8, 4) is 22.8 Å². The molecule has 0 fully saturated rings. The largest absolute Gasteiger partial charge is 0.444 e. The number of aromatic nitrogens is 3. The minimum atomic E-state index is -0.337. The summed E-state index contributed by atoms with van der Waals surface area (Å²) in [5, 5.41) is 4.74. The Morgan fingerprint density at radius 2 is 1.90 bits per heavy atom. The van der Waals surface area contributed by atoms with Crippen LogP contribution in [0, 0.1) is 5.82 Å². The van der Waals surface area contributed by atoms with Crippen LogP contribution in [-0.4, -0.2) is 20.9 Å². The minimum absolute atomic E-state index is 0.0603. The smallest absolute Gasteiger partial charge is 0.226 e. The molecule has 0 unspecified atom stereocenters. The van der Waals surface area contributed by atoms with E-state index in [0.717, 1.165) is 0 Å². The van der Waals surface area contributed by atoms with Gasteiger partial charge in [-0.1, -0.05) is 11.2 Å². The summed E-state index contributed by atoms with van der Waals surface area (Å²) in [4.78, 5) is 21.3. The van der Waals surface area contributed by atoms with Gasteiger partial charge in [0, 0.05) is 23.0 Å². The second-order valence-electron chi connectivity index (χ2n) is 6.71. The molecule has 0 bridgehead atoms. The highest BCUT2D eigenvalue weighted by atomic mass is 19.1. The van der Waals surface area contributed by atoms with Crippen molar-refractivity contribution in [3.63, 3.8) is 0 Å². The van der Waals surface area contributed by atoms with E-state index in [1.165, 1.54) is 18.4 Å². The number of pyridine rings is 1. The highest BCUT2D eigenvalue weighted by molar-refractivity contribution is 6.02. The average molecular weight is 399 g/mol. The number of carbonyl (C=O) groups excluding carboxylic acids is 1. The summed E-state index contributed by atoms with van der Waals surface area (Å²) in [6.45, 7) is 0. The van der Waals surface area contributed by atoms with Crippen molar-refractivity contribution >= 4 is 16.8 Å². The van der Waals surface area contributed by atoms with E-state index < -0.39 is 0 Å². The van der Waals surface area contributed by atoms with E-state index in [4.69, 9.17) is 8.94 Å². The number of halogens is 1. The third kappa shape index (κ3) is 3.37. The first-order chi connectivity index (χ1) is 14.7. The Morgan fingerprint density at radius 3 is 2.70 bits per heavy atom. The fraction of sp³-hybridized carbons (Fsp3) is 0.0435. The molecule has 5 aromatic rings. The summed E-state index contributed by atoms with van der Waals surface area (Å²) < 4.78 is 24.1. The van der Waals surface area contributed by atoms with Gasteiger partial charge in [0.05, 0.1) is 11.8 Å². The minimum Gasteiger partial charge on any atom is -0.444 e. The molecule has 0 spiro atoms. The van der Waals surface area contributed by atoms with Gasteiger partial charge in [0.1, 0.15) is 23.5 Å². The standard InChI is InChI=1S/C23H14FN3O3/c24-16-7-4-14(5-8-16)23-26-19(13-29-23)22-18-11-15(6-9-21(18)30-27-22)20(28)12-17-3-1-2-10-25-17/h1-11,13H,12H2. The second-order valence-corrected chi connectivity index (χ2v) is 6.71. The van der Waals surface area contributed by atoms with E-state index in [2.05, 4.69) is 15.1 Å². The first-order valence-electron chi connectivity index (χ1n) is 9.22. The molecule has 7 heteroatoms. The maximum absolute atomic E-state index is 13.1. The van der Waals surface area contributed by atoms with Crippen molar-refractivity contribution in [2.45, 2.75) is 6.42 Å². The summed E-state index contributed by atoms with van der Waals surface area (Å²) in [5.41, 5.74) is 3.33. The van der Waals surface area contributed by atoms with Crippen LogP contribution in [0.1, 0.15) is 16.1 Å². The van der Waals surface area contributed by atoms with Crippen molar-refractivity contribution in [3.05, 3.63) is 90.2 Å². The van der Waals surface area contributed by atoms with Crippen molar-refractivity contribution in [1.29, 1.82) is 0 Å². The van der Waals surface area contributed by atoms with Crippen LogP contribution in [0.15, 0.2) is 82.1 Å². The van der Waals surface area contributed by atoms with Gasteiger partial charge in [0.25, 0.3) is 0 Å². The van der Waals surface area contributed by atoms with Gasteiger partial charge in [0.2, 0.25) is 5.89 Å². The SMILES string of the molecule is O=C(Cc1ccccn1)c1ccc2onc(-c3coc(-c4ccc(F)cc4)n3)c2c1. The fourth-order valence-corrected chi connectivity index (χ4v) is 3.17. The van der Waals surface area contributed by atoms with Gasteiger partial charge in [-0.05, 0) is 54.6 Å². The molecule has 3 aromatic heterocycles. The number of hydrogen-bond donors (Lipinski definition) is 0. The van der Waals surface area contributed by atoms with Crippen LogP contribution in [-0.2, 0) is 6.42 Å². The molecule has 5 rings (SSSR count). The Labute approximate surface area is 170 Å². The zero-order valence-corrected chi connectivity index (χ0v) is 15.6. The molecule has 0 N–H and O–H groups in total. The molecule has 0 aliphatic rings. The fourth-order valence-electron chi connectivity index (χ4n) is 3.17. The molecule has 0 aliphatic carbocycles. The quantitative estimate of drug-likeness (QED) is 0.382. The Bertz CT molecular complexity index is 1340. The van der Waals surface area contributed by atoms with E-state index in [1.54, 1.807) is 36.5 Å². The van der Waals surface area contributed by atoms with Crippen LogP contribution >= 0.6 is 0 Å². The van der Waals surface area contributed by atoms with Gasteiger partial charge in [-0.3, -0.25) is 9.78 Å². The summed E-state index contributed by atoms with van der Waals surface area (Å²) in [7, 11) is 0. The number of rotatable bonds is 5. The number of hydrogen-bond acceptors (Lipinski definition) is 6. The molecule has 2 aromatic carbocycles. The van der Waals surface area contributed by atoms with Crippen LogP contribution in [0.4, 0.5) is 4.39 Å². The summed E-state index contributed by atoms with van der Waals surface area (Å²) >= 11 is 0. The maximum Gasteiger partial charge on any atom is 0.226 e. The van der Waals surface area contributed by atoms with Crippen molar-refractivity contribution in [2.24, 2.45) is 0 Å². The molecule has 146 valence electrons. The number of oxazole rings is 1. The van der Waals surface area contributed by atoms with Gasteiger partial charge >= 0.3 is 0 Å². The summed E-state index contributed by atoms with van der Waals surface area (Å²) in [5.74, 6) is -0.0608. The lowest BCUT2D eigenvalue weighted by atomic mass is 10.0. The average Bonchev–Trinajstić information content (AvgIpc) is 3.41. The first-order valence-corrected chi connectivity index (χ1v) is 9.22. The number of fused-ring (bicyclic) bond motifs is 1. The number of nitrogens with zero attached hydrogens (tertiary/aromatic N) is 3. The number of benzene rings is 2. The van der Waals surface area contributed by atoms with Crippen LogP contribution in [0.2, 0.25) is 0 Å². The number of ketones is 1. The molecule has 3 heterocycles. The third-order valence-corrected chi connectivity index (χ3v) is 4.70. The predicted octanol–water partition coefficient (Wildman–Crippen LogP) is 5.11. The van der Waals surface area contributed by atoms with Crippen LogP contribution < -0.4 is 0 Å². The monoisotopic (exact) mass is 399 g/mol. The molecule has 0 saturated heterocycles. The van der Waals surface area contributed by atoms with E-state index in [-0.39, 0.29) is 18.0 Å². The first kappa shape index (κ1) is 17.9. The summed E-state index contributed by atoms with van der Waals surface area (Å²) in [6, 6.07) is 16.5. The normalized spacial score (nSPS) is 11.1. The molecular weight excluding hydrogens is 385 g/mol. The van der Waals surface area contributed by atoms with E-state index in [1.807, 2.05) is 18.2 Å². The highest BCUT2D eigenvalue weighted by Crippen LogP contribution is 2.30. The third-order valence-electron chi connectivity index (χ3n) is 4.70. The van der Waals surface area contributed by atoms with Gasteiger partial charge in [-0.2, -0.15) is 0 Å². The molecule has 0 saturated carbocycles. The van der Waals surface area contributed by atoms with Crippen LogP contribution in [0.25, 0.3) is 33.8 Å². The lowest BCUT2D eigenvalue weighted by Gasteiger charge is -2.01. The molecule has 0 amide bonds. The highest BCUT2D eigenvalue weighted by Gasteiger charge is 2.18. The van der Waals surface area contributed by atoms with Crippen molar-refractivity contribution < 1.29 is 18.1 Å². The zero-order valence-electron chi connectivity index (χ0n) is 15.6. The molecular formula is C23H14FN3O3. The van der Waals surface area contributed by atoms with Crippen LogP contribution in [0.5, 0.6) is 0 Å². The molecule has 0 aliphatic heterocycles. The maximum atomic E-state index is 13.1. The van der Waals surface area contributed by atoms with E-state index >= 15 is 0 Å². The molecule has 0 atom stereocenters. The van der Waals surface area contributed by atoms with Crippen LogP contribution in [0.3, 0.4) is 0 Å². The van der Waals surface area contributed by atoms with Crippen molar-refractivity contribution in [1.82, 2.24) is 15.1 Å². The summed E-state index contributed by atoms with van der Waals surface area (Å²) in [6.07, 6.45) is 3.32. The zero-order chi connectivity index (χ0) is 20.5. The second kappa shape index (κ2) is 7.36. The van der Waals surface area contributed by atoms with E-state index in [0.29, 0.717) is 45.1 Å². The molecule has 30 heavy (non-hydrogen) atoms. The Kier molecular flexibility index (Phi) is 4.40. The van der Waals surface area contributed by atoms with Crippen molar-refractivity contribution in [2.75, 3.05) is 0 Å². The van der Waals surface area contributed by atoms with Gasteiger partial charge in [0.15, 0.2) is 11.4 Å². The predicted molar refractivity (Wildman–Crippen MR) is 107 cm³/mol. The number of carbonyl (C=O) groups is 1. The Morgan fingerprint density at radius 1 is 1.03 bits per heavy atom. The van der Waals surface area contributed by atoms with Gasteiger partial charge < -0.3 is 8.94 Å². The Hall–Kier alpha value is -4.13. The molecule has 0 radical (unpaired) electrons. The van der Waals surface area contributed by atoms with Gasteiger partial charge in [-0.25, -0.2) is 9.37 Å². The van der Waals surface area contributed by atoms with Gasteiger partial charge in [-0.15, -0.1) is 0 Å². The number of Topliss-reactive ketones (excluding diaryl/α,β-unsaturated/α-hetero) is 1.